The third kappa shape index (κ3) is 4.76. The van der Waals surface area contributed by atoms with E-state index in [1.54, 1.807) is 27.9 Å². The van der Waals surface area contributed by atoms with Gasteiger partial charge in [-0.3, -0.25) is 19.1 Å². The molecule has 0 radical (unpaired) electrons. The lowest BCUT2D eigenvalue weighted by Crippen LogP contribution is -2.37. The largest absolute Gasteiger partial charge is 0.370 e. The van der Waals surface area contributed by atoms with E-state index in [-0.39, 0.29) is 30.2 Å². The van der Waals surface area contributed by atoms with Crippen molar-refractivity contribution in [2.75, 3.05) is 13.1 Å². The summed E-state index contributed by atoms with van der Waals surface area (Å²) >= 11 is 0. The number of nitrogens with two attached hydrogens (primary N) is 1. The van der Waals surface area contributed by atoms with Crippen LogP contribution in [0, 0.1) is 0 Å². The van der Waals surface area contributed by atoms with Crippen LogP contribution in [0.15, 0.2) is 36.7 Å². The van der Waals surface area contributed by atoms with E-state index in [2.05, 4.69) is 10.4 Å². The maximum Gasteiger partial charge on any atom is 0.251 e. The molecule has 1 atom stereocenters. The van der Waals surface area contributed by atoms with Gasteiger partial charge in [-0.15, -0.1) is 0 Å². The molecule has 8 nitrogen and oxygen atoms in total. The van der Waals surface area contributed by atoms with E-state index in [1.807, 2.05) is 25.3 Å². The minimum atomic E-state index is -0.376. The molecule has 3 N–H and O–H groups in total. The van der Waals surface area contributed by atoms with Crippen molar-refractivity contribution in [1.82, 2.24) is 20.0 Å². The summed E-state index contributed by atoms with van der Waals surface area (Å²) in [5.74, 6) is -0.484. The molecule has 0 saturated carbocycles. The fourth-order valence-electron chi connectivity index (χ4n) is 3.32. The number of amides is 3. The molecule has 1 aromatic heterocycles. The second-order valence-electron chi connectivity index (χ2n) is 7.00. The molecular weight excluding hydrogens is 358 g/mol. The second-order valence-corrected chi connectivity index (χ2v) is 7.00. The summed E-state index contributed by atoms with van der Waals surface area (Å²) < 4.78 is 1.65. The van der Waals surface area contributed by atoms with Crippen LogP contribution in [-0.4, -0.2) is 51.5 Å². The van der Waals surface area contributed by atoms with Crippen LogP contribution in [0.2, 0.25) is 0 Å². The Kier molecular flexibility index (Phi) is 6.08. The first-order chi connectivity index (χ1) is 13.5. The highest BCUT2D eigenvalue weighted by atomic mass is 16.2. The number of carbonyl (C=O) groups is 3. The highest BCUT2D eigenvalue weighted by Crippen LogP contribution is 2.20. The van der Waals surface area contributed by atoms with Crippen molar-refractivity contribution in [1.29, 1.82) is 0 Å². The van der Waals surface area contributed by atoms with Crippen LogP contribution in [0.25, 0.3) is 11.1 Å². The predicted octanol–water partition coefficient (Wildman–Crippen LogP) is 1.17. The lowest BCUT2D eigenvalue weighted by atomic mass is 10.1. The Morgan fingerprint density at radius 3 is 2.86 bits per heavy atom. The van der Waals surface area contributed by atoms with Crippen LogP contribution in [0.4, 0.5) is 0 Å². The van der Waals surface area contributed by atoms with E-state index in [4.69, 9.17) is 5.73 Å². The number of likely N-dealkylation sites (tertiary alicyclic amines) is 1. The predicted molar refractivity (Wildman–Crippen MR) is 104 cm³/mol. The molecule has 8 heteroatoms. The Bertz CT molecular complexity index is 876. The second kappa shape index (κ2) is 8.69. The molecule has 1 aliphatic heterocycles. The first-order valence-electron chi connectivity index (χ1n) is 9.46. The van der Waals surface area contributed by atoms with E-state index in [1.165, 1.54) is 0 Å². The number of benzene rings is 1. The number of hydrogen-bond acceptors (Lipinski definition) is 4. The van der Waals surface area contributed by atoms with Gasteiger partial charge in [0.1, 0.15) is 0 Å². The van der Waals surface area contributed by atoms with Gasteiger partial charge in [-0.1, -0.05) is 19.1 Å². The summed E-state index contributed by atoms with van der Waals surface area (Å²) in [6.07, 6.45) is 4.98. The Labute approximate surface area is 163 Å². The third-order valence-corrected chi connectivity index (χ3v) is 4.72. The van der Waals surface area contributed by atoms with Gasteiger partial charge in [0, 0.05) is 49.8 Å². The van der Waals surface area contributed by atoms with E-state index < -0.39 is 0 Å². The zero-order valence-corrected chi connectivity index (χ0v) is 15.9. The monoisotopic (exact) mass is 383 g/mol. The Morgan fingerprint density at radius 1 is 1.29 bits per heavy atom. The topological polar surface area (TPSA) is 110 Å². The number of aromatic nitrogens is 2. The quantitative estimate of drug-likeness (QED) is 0.713. The van der Waals surface area contributed by atoms with Gasteiger partial charge in [0.25, 0.3) is 5.91 Å². The number of primary amides is 1. The van der Waals surface area contributed by atoms with Gasteiger partial charge in [-0.25, -0.2) is 0 Å². The lowest BCUT2D eigenvalue weighted by molar-refractivity contribution is -0.127. The van der Waals surface area contributed by atoms with Crippen molar-refractivity contribution in [3.63, 3.8) is 0 Å². The summed E-state index contributed by atoms with van der Waals surface area (Å²) in [5.41, 5.74) is 7.40. The zero-order chi connectivity index (χ0) is 20.1. The molecule has 2 aromatic rings. The average molecular weight is 383 g/mol. The third-order valence-electron chi connectivity index (χ3n) is 4.72. The maximum atomic E-state index is 12.6. The minimum absolute atomic E-state index is 0.0873. The normalized spacial score (nSPS) is 16.4. The summed E-state index contributed by atoms with van der Waals surface area (Å²) in [6, 6.07) is 7.09. The van der Waals surface area contributed by atoms with E-state index in [9.17, 15) is 14.4 Å². The summed E-state index contributed by atoms with van der Waals surface area (Å²) in [7, 11) is 0. The molecular formula is C20H25N5O3. The molecule has 0 bridgehead atoms. The molecule has 3 amide bonds. The first-order valence-corrected chi connectivity index (χ1v) is 9.46. The molecule has 0 unspecified atom stereocenters. The Morgan fingerprint density at radius 2 is 2.11 bits per heavy atom. The number of hydrogen-bond donors (Lipinski definition) is 2. The first kappa shape index (κ1) is 19.6. The Balaban J connectivity index is 1.65. The fraction of sp³-hybridized carbons (Fsp3) is 0.400. The van der Waals surface area contributed by atoms with Crippen LogP contribution < -0.4 is 11.1 Å². The van der Waals surface area contributed by atoms with Crippen molar-refractivity contribution in [3.8, 4) is 11.1 Å². The SMILES string of the molecule is CCCN1C[C@H](NC(=O)c2cccc(-c3cnn(CCC(N)=O)c3)c2)CC1=O. The van der Waals surface area contributed by atoms with Crippen LogP contribution in [-0.2, 0) is 16.1 Å². The average Bonchev–Trinajstić information content (AvgIpc) is 3.27. The molecule has 1 fully saturated rings. The smallest absolute Gasteiger partial charge is 0.251 e. The number of nitrogens with zero attached hydrogens (tertiary/aromatic N) is 3. The van der Waals surface area contributed by atoms with Gasteiger partial charge in [0.15, 0.2) is 0 Å². The molecule has 0 spiro atoms. The van der Waals surface area contributed by atoms with Crippen LogP contribution in [0.5, 0.6) is 0 Å². The number of aryl methyl sites for hydroxylation is 1. The molecule has 3 rings (SSSR count). The van der Waals surface area contributed by atoms with E-state index >= 15 is 0 Å². The van der Waals surface area contributed by atoms with Crippen molar-refractivity contribution in [2.45, 2.75) is 38.8 Å². The zero-order valence-electron chi connectivity index (χ0n) is 15.9. The van der Waals surface area contributed by atoms with Crippen molar-refractivity contribution in [2.24, 2.45) is 5.73 Å². The maximum absolute atomic E-state index is 12.6. The van der Waals surface area contributed by atoms with Gasteiger partial charge >= 0.3 is 0 Å². The standard InChI is InChI=1S/C20H25N5O3/c1-2-7-24-13-17(10-19(24)27)23-20(28)15-5-3-4-14(9-15)16-11-22-25(12-16)8-6-18(21)26/h3-5,9,11-12,17H,2,6-8,10,13H2,1H3,(H2,21,26)(H,23,28)/t17-/m1/s1. The van der Waals surface area contributed by atoms with Crippen molar-refractivity contribution in [3.05, 3.63) is 42.2 Å². The minimum Gasteiger partial charge on any atom is -0.370 e. The molecule has 2 heterocycles. The van der Waals surface area contributed by atoms with E-state index in [0.717, 1.165) is 24.1 Å². The molecule has 28 heavy (non-hydrogen) atoms. The van der Waals surface area contributed by atoms with Crippen LogP contribution in [0.3, 0.4) is 0 Å². The van der Waals surface area contributed by atoms with Crippen molar-refractivity contribution >= 4 is 17.7 Å². The highest BCUT2D eigenvalue weighted by Gasteiger charge is 2.30. The van der Waals surface area contributed by atoms with Gasteiger partial charge < -0.3 is 16.0 Å². The molecule has 1 aromatic carbocycles. The molecule has 148 valence electrons. The van der Waals surface area contributed by atoms with Gasteiger partial charge in [0.05, 0.1) is 12.2 Å². The number of rotatable bonds is 8. The summed E-state index contributed by atoms with van der Waals surface area (Å²) in [4.78, 5) is 37.3. The van der Waals surface area contributed by atoms with Gasteiger partial charge in [0.2, 0.25) is 11.8 Å². The molecule has 0 aliphatic carbocycles. The Hall–Kier alpha value is -3.16. The summed E-state index contributed by atoms with van der Waals surface area (Å²) in [5, 5.41) is 7.18. The number of carbonyl (C=O) groups excluding carboxylic acids is 3. The summed E-state index contributed by atoms with van der Waals surface area (Å²) in [6.45, 7) is 3.73. The van der Waals surface area contributed by atoms with Gasteiger partial charge in [-0.2, -0.15) is 5.10 Å². The highest BCUT2D eigenvalue weighted by molar-refractivity contribution is 5.96. The van der Waals surface area contributed by atoms with Crippen LogP contribution in [0.1, 0.15) is 36.5 Å². The van der Waals surface area contributed by atoms with Crippen LogP contribution >= 0.6 is 0 Å². The molecule has 1 saturated heterocycles. The lowest BCUT2D eigenvalue weighted by Gasteiger charge is -2.16. The number of nitrogens with one attached hydrogen (secondary N) is 1. The van der Waals surface area contributed by atoms with E-state index in [0.29, 0.717) is 25.1 Å². The molecule has 1 aliphatic rings. The fourth-order valence-corrected chi connectivity index (χ4v) is 3.32. The van der Waals surface area contributed by atoms with Gasteiger partial charge in [-0.05, 0) is 24.1 Å². The van der Waals surface area contributed by atoms with Crippen molar-refractivity contribution < 1.29 is 14.4 Å².